The van der Waals surface area contributed by atoms with Gasteiger partial charge < -0.3 is 15.0 Å². The lowest BCUT2D eigenvalue weighted by Gasteiger charge is -2.19. The molecule has 6 nitrogen and oxygen atoms in total. The van der Waals surface area contributed by atoms with E-state index >= 15 is 0 Å². The van der Waals surface area contributed by atoms with Gasteiger partial charge in [-0.3, -0.25) is 9.59 Å². The summed E-state index contributed by atoms with van der Waals surface area (Å²) in [4.78, 5) is 31.4. The molecule has 3 rings (SSSR count). The maximum Gasteiger partial charge on any atom is 0.416 e. The maximum absolute atomic E-state index is 12.9. The minimum absolute atomic E-state index is 0.0125. The number of halogens is 3. The van der Waals surface area contributed by atoms with E-state index in [1.807, 2.05) is 0 Å². The van der Waals surface area contributed by atoms with E-state index < -0.39 is 29.2 Å². The summed E-state index contributed by atoms with van der Waals surface area (Å²) < 4.78 is 43.8. The van der Waals surface area contributed by atoms with Crippen molar-refractivity contribution in [1.82, 2.24) is 15.3 Å². The molecule has 0 aliphatic rings. The molecule has 0 fully saturated rings. The number of rotatable bonds is 5. The standard InChI is InChI=1S/C21H18F3N3O3/c1-12(15-9-8-14(21(22,23)24)10-17(15)30-2)25-20(29)16-11-18(28)27-19(26-16)13-6-4-3-5-7-13/h3-12H,1-2H3,(H,25,29)(H,26,27,28)/t12-/m1/s1. The first kappa shape index (κ1) is 21.1. The Morgan fingerprint density at radius 2 is 1.83 bits per heavy atom. The number of carbonyl (C=O) groups excluding carboxylic acids is 1. The molecule has 30 heavy (non-hydrogen) atoms. The molecule has 1 aromatic heterocycles. The molecule has 0 aliphatic heterocycles. The minimum atomic E-state index is -4.51. The molecule has 0 unspecified atom stereocenters. The van der Waals surface area contributed by atoms with Crippen molar-refractivity contribution in [1.29, 1.82) is 0 Å². The summed E-state index contributed by atoms with van der Waals surface area (Å²) in [5.41, 5.74) is -0.497. The summed E-state index contributed by atoms with van der Waals surface area (Å²) >= 11 is 0. The van der Waals surface area contributed by atoms with Crippen LogP contribution in [0.15, 0.2) is 59.4 Å². The van der Waals surface area contributed by atoms with E-state index in [9.17, 15) is 22.8 Å². The normalized spacial score (nSPS) is 12.3. The molecule has 0 saturated carbocycles. The molecular formula is C21H18F3N3O3. The largest absolute Gasteiger partial charge is 0.496 e. The monoisotopic (exact) mass is 417 g/mol. The highest BCUT2D eigenvalue weighted by atomic mass is 19.4. The molecule has 0 bridgehead atoms. The van der Waals surface area contributed by atoms with Crippen molar-refractivity contribution in [2.75, 3.05) is 7.11 Å². The number of amides is 1. The van der Waals surface area contributed by atoms with Crippen LogP contribution >= 0.6 is 0 Å². The predicted octanol–water partition coefficient (Wildman–Crippen LogP) is 3.96. The van der Waals surface area contributed by atoms with Crippen LogP contribution in [0.25, 0.3) is 11.4 Å². The summed E-state index contributed by atoms with van der Waals surface area (Å²) in [6.45, 7) is 1.59. The number of alkyl halides is 3. The van der Waals surface area contributed by atoms with Crippen LogP contribution in [0.4, 0.5) is 13.2 Å². The van der Waals surface area contributed by atoms with Gasteiger partial charge in [0.15, 0.2) is 0 Å². The molecule has 9 heteroatoms. The Bertz CT molecular complexity index is 1110. The van der Waals surface area contributed by atoms with E-state index in [1.165, 1.54) is 13.2 Å². The van der Waals surface area contributed by atoms with Gasteiger partial charge in [0.05, 0.1) is 18.7 Å². The molecule has 0 radical (unpaired) electrons. The van der Waals surface area contributed by atoms with Gasteiger partial charge in [-0.15, -0.1) is 0 Å². The van der Waals surface area contributed by atoms with E-state index in [4.69, 9.17) is 4.74 Å². The third kappa shape index (κ3) is 4.68. The highest BCUT2D eigenvalue weighted by molar-refractivity contribution is 5.92. The van der Waals surface area contributed by atoms with Gasteiger partial charge in [-0.2, -0.15) is 13.2 Å². The SMILES string of the molecule is COc1cc(C(F)(F)F)ccc1[C@@H](C)NC(=O)c1cc(=O)[nH]c(-c2ccccc2)n1. The number of ether oxygens (including phenoxy) is 1. The summed E-state index contributed by atoms with van der Waals surface area (Å²) in [5, 5.41) is 2.64. The van der Waals surface area contributed by atoms with E-state index in [1.54, 1.807) is 37.3 Å². The van der Waals surface area contributed by atoms with Crippen molar-refractivity contribution in [3.63, 3.8) is 0 Å². The third-order valence-electron chi connectivity index (χ3n) is 4.40. The molecular weight excluding hydrogens is 399 g/mol. The number of hydrogen-bond acceptors (Lipinski definition) is 4. The molecule has 2 aromatic carbocycles. The number of nitrogens with zero attached hydrogens (tertiary/aromatic N) is 1. The quantitative estimate of drug-likeness (QED) is 0.658. The number of nitrogens with one attached hydrogen (secondary N) is 2. The number of H-pyrrole nitrogens is 1. The van der Waals surface area contributed by atoms with Crippen molar-refractivity contribution in [3.8, 4) is 17.1 Å². The first-order valence-electron chi connectivity index (χ1n) is 8.92. The van der Waals surface area contributed by atoms with Crippen LogP contribution in [0.2, 0.25) is 0 Å². The Hall–Kier alpha value is -3.62. The predicted molar refractivity (Wildman–Crippen MR) is 104 cm³/mol. The zero-order chi connectivity index (χ0) is 21.9. The van der Waals surface area contributed by atoms with Crippen molar-refractivity contribution >= 4 is 5.91 Å². The van der Waals surface area contributed by atoms with E-state index in [-0.39, 0.29) is 17.3 Å². The van der Waals surface area contributed by atoms with E-state index in [2.05, 4.69) is 15.3 Å². The maximum atomic E-state index is 12.9. The number of aromatic amines is 1. The molecule has 1 atom stereocenters. The number of methoxy groups -OCH3 is 1. The van der Waals surface area contributed by atoms with Gasteiger partial charge in [-0.25, -0.2) is 4.98 Å². The molecule has 1 heterocycles. The van der Waals surface area contributed by atoms with Crippen molar-refractivity contribution < 1.29 is 22.7 Å². The molecule has 156 valence electrons. The summed E-state index contributed by atoms with van der Waals surface area (Å²) in [5.74, 6) is -0.429. The minimum Gasteiger partial charge on any atom is -0.496 e. The number of carbonyl (C=O) groups is 1. The van der Waals surface area contributed by atoms with E-state index in [0.29, 0.717) is 11.1 Å². The van der Waals surface area contributed by atoms with Gasteiger partial charge >= 0.3 is 6.18 Å². The van der Waals surface area contributed by atoms with Crippen LogP contribution in [0.5, 0.6) is 5.75 Å². The molecule has 3 aromatic rings. The first-order valence-corrected chi connectivity index (χ1v) is 8.92. The third-order valence-corrected chi connectivity index (χ3v) is 4.40. The Labute approximate surface area is 169 Å². The smallest absolute Gasteiger partial charge is 0.416 e. The zero-order valence-corrected chi connectivity index (χ0v) is 16.1. The average Bonchev–Trinajstić information content (AvgIpc) is 2.72. The van der Waals surface area contributed by atoms with Gasteiger partial charge in [0.2, 0.25) is 0 Å². The summed E-state index contributed by atoms with van der Waals surface area (Å²) in [6, 6.07) is 12.2. The zero-order valence-electron chi connectivity index (χ0n) is 16.1. The van der Waals surface area contributed by atoms with Crippen LogP contribution in [0.1, 0.15) is 34.6 Å². The fourth-order valence-electron chi connectivity index (χ4n) is 2.90. The molecule has 0 saturated heterocycles. The van der Waals surface area contributed by atoms with Crippen molar-refractivity contribution in [3.05, 3.63) is 81.8 Å². The fourth-order valence-corrected chi connectivity index (χ4v) is 2.90. The van der Waals surface area contributed by atoms with Gasteiger partial charge in [0.25, 0.3) is 11.5 Å². The van der Waals surface area contributed by atoms with Crippen molar-refractivity contribution in [2.24, 2.45) is 0 Å². The fraction of sp³-hybridized carbons (Fsp3) is 0.190. The summed E-state index contributed by atoms with van der Waals surface area (Å²) in [7, 11) is 1.25. The van der Waals surface area contributed by atoms with Crippen molar-refractivity contribution in [2.45, 2.75) is 19.1 Å². The highest BCUT2D eigenvalue weighted by Crippen LogP contribution is 2.35. The topological polar surface area (TPSA) is 84.1 Å². The molecule has 0 aliphatic carbocycles. The van der Waals surface area contributed by atoms with Gasteiger partial charge in [0.1, 0.15) is 17.3 Å². The second-order valence-electron chi connectivity index (χ2n) is 6.49. The summed E-state index contributed by atoms with van der Waals surface area (Å²) in [6.07, 6.45) is -4.51. The Morgan fingerprint density at radius 1 is 1.13 bits per heavy atom. The van der Waals surface area contributed by atoms with Crippen LogP contribution in [-0.2, 0) is 6.18 Å². The lowest BCUT2D eigenvalue weighted by Crippen LogP contribution is -2.29. The van der Waals surface area contributed by atoms with Crippen LogP contribution < -0.4 is 15.6 Å². The van der Waals surface area contributed by atoms with Crippen LogP contribution in [0.3, 0.4) is 0 Å². The number of benzene rings is 2. The Morgan fingerprint density at radius 3 is 2.47 bits per heavy atom. The van der Waals surface area contributed by atoms with Gasteiger partial charge in [-0.1, -0.05) is 36.4 Å². The molecule has 2 N–H and O–H groups in total. The first-order chi connectivity index (χ1) is 14.2. The second-order valence-corrected chi connectivity index (χ2v) is 6.49. The van der Waals surface area contributed by atoms with Gasteiger partial charge in [-0.05, 0) is 19.1 Å². The molecule has 1 amide bonds. The lowest BCUT2D eigenvalue weighted by molar-refractivity contribution is -0.137. The van der Waals surface area contributed by atoms with E-state index in [0.717, 1.165) is 18.2 Å². The number of aromatic nitrogens is 2. The Kier molecular flexibility index (Phi) is 5.91. The van der Waals surface area contributed by atoms with Gasteiger partial charge in [0, 0.05) is 17.2 Å². The van der Waals surface area contributed by atoms with Crippen LogP contribution in [-0.4, -0.2) is 23.0 Å². The average molecular weight is 417 g/mol. The Balaban J connectivity index is 1.86. The van der Waals surface area contributed by atoms with Crippen LogP contribution in [0, 0.1) is 0 Å². The lowest BCUT2D eigenvalue weighted by atomic mass is 10.0. The molecule has 0 spiro atoms. The second kappa shape index (κ2) is 8.40. The highest BCUT2D eigenvalue weighted by Gasteiger charge is 2.31. The number of hydrogen-bond donors (Lipinski definition) is 2.